The molecule has 120 valence electrons. The molecule has 0 bridgehead atoms. The van der Waals surface area contributed by atoms with E-state index in [2.05, 4.69) is 0 Å². The average Bonchev–Trinajstić information content (AvgIpc) is 2.53. The molecule has 1 amide bonds. The summed E-state index contributed by atoms with van der Waals surface area (Å²) in [6, 6.07) is 10.6. The number of rotatable bonds is 1. The van der Waals surface area contributed by atoms with Crippen molar-refractivity contribution in [1.29, 1.82) is 0 Å². The number of hydrogen-bond donors (Lipinski definition) is 1. The molecule has 0 radical (unpaired) electrons. The number of carbonyl (C=O) groups is 1. The first kappa shape index (κ1) is 15.4. The van der Waals surface area contributed by atoms with E-state index in [1.807, 2.05) is 12.1 Å². The quantitative estimate of drug-likeness (QED) is 0.845. The SMILES string of the molecule is O=C(O)N1CCc2c(cccc2-c2ccc(C(F)(F)F)cc2)C1. The van der Waals surface area contributed by atoms with Crippen molar-refractivity contribution in [2.24, 2.45) is 0 Å². The Morgan fingerprint density at radius 3 is 2.39 bits per heavy atom. The largest absolute Gasteiger partial charge is 0.465 e. The van der Waals surface area contributed by atoms with Crippen molar-refractivity contribution >= 4 is 6.09 Å². The molecular formula is C17H14F3NO2. The van der Waals surface area contributed by atoms with Crippen molar-refractivity contribution in [3.8, 4) is 11.1 Å². The first-order valence-corrected chi connectivity index (χ1v) is 7.12. The first-order chi connectivity index (χ1) is 10.9. The van der Waals surface area contributed by atoms with Gasteiger partial charge in [0.05, 0.1) is 5.56 Å². The molecule has 0 atom stereocenters. The number of halogens is 3. The van der Waals surface area contributed by atoms with Crippen LogP contribution in [0.15, 0.2) is 42.5 Å². The zero-order valence-corrected chi connectivity index (χ0v) is 12.1. The molecule has 2 aromatic rings. The van der Waals surface area contributed by atoms with Crippen LogP contribution in [0, 0.1) is 0 Å². The Morgan fingerprint density at radius 2 is 1.78 bits per heavy atom. The molecule has 6 heteroatoms. The lowest BCUT2D eigenvalue weighted by molar-refractivity contribution is -0.137. The molecule has 0 aliphatic carbocycles. The third kappa shape index (κ3) is 3.02. The molecule has 0 unspecified atom stereocenters. The molecular weight excluding hydrogens is 307 g/mol. The van der Waals surface area contributed by atoms with Crippen LogP contribution in [-0.2, 0) is 19.1 Å². The van der Waals surface area contributed by atoms with Crippen molar-refractivity contribution in [2.75, 3.05) is 6.54 Å². The van der Waals surface area contributed by atoms with E-state index in [1.165, 1.54) is 17.0 Å². The summed E-state index contributed by atoms with van der Waals surface area (Å²) >= 11 is 0. The Bertz CT molecular complexity index is 738. The summed E-state index contributed by atoms with van der Waals surface area (Å²) in [5, 5.41) is 9.08. The summed E-state index contributed by atoms with van der Waals surface area (Å²) in [6.45, 7) is 0.694. The zero-order chi connectivity index (χ0) is 16.6. The van der Waals surface area contributed by atoms with Crippen molar-refractivity contribution in [3.05, 3.63) is 59.2 Å². The van der Waals surface area contributed by atoms with Crippen molar-refractivity contribution in [2.45, 2.75) is 19.1 Å². The predicted octanol–water partition coefficient (Wildman–Crippen LogP) is 4.41. The minimum Gasteiger partial charge on any atom is -0.465 e. The Morgan fingerprint density at radius 1 is 1.09 bits per heavy atom. The maximum Gasteiger partial charge on any atom is 0.416 e. The van der Waals surface area contributed by atoms with Crippen LogP contribution in [0.3, 0.4) is 0 Å². The van der Waals surface area contributed by atoms with Crippen LogP contribution in [0.5, 0.6) is 0 Å². The van der Waals surface area contributed by atoms with Crippen LogP contribution in [0.1, 0.15) is 16.7 Å². The number of nitrogens with zero attached hydrogens (tertiary/aromatic N) is 1. The van der Waals surface area contributed by atoms with E-state index in [0.29, 0.717) is 25.1 Å². The van der Waals surface area contributed by atoms with Gasteiger partial charge in [-0.2, -0.15) is 13.2 Å². The standard InChI is InChI=1S/C17H14F3NO2/c18-17(19,20)13-6-4-11(5-7-13)14-3-1-2-12-10-21(16(22)23)9-8-15(12)14/h1-7H,8-10H2,(H,22,23). The van der Waals surface area contributed by atoms with Crippen LogP contribution in [0.2, 0.25) is 0 Å². The maximum atomic E-state index is 12.7. The lowest BCUT2D eigenvalue weighted by atomic mass is 9.90. The van der Waals surface area contributed by atoms with Gasteiger partial charge in [-0.25, -0.2) is 4.79 Å². The second-order valence-corrected chi connectivity index (χ2v) is 5.47. The van der Waals surface area contributed by atoms with E-state index in [4.69, 9.17) is 5.11 Å². The highest BCUT2D eigenvalue weighted by Gasteiger charge is 2.30. The van der Waals surface area contributed by atoms with Crippen molar-refractivity contribution in [3.63, 3.8) is 0 Å². The lowest BCUT2D eigenvalue weighted by Gasteiger charge is -2.28. The maximum absolute atomic E-state index is 12.7. The van der Waals surface area contributed by atoms with Crippen LogP contribution >= 0.6 is 0 Å². The van der Waals surface area contributed by atoms with Gasteiger partial charge in [-0.15, -0.1) is 0 Å². The monoisotopic (exact) mass is 321 g/mol. The predicted molar refractivity (Wildman–Crippen MR) is 79.0 cm³/mol. The topological polar surface area (TPSA) is 40.5 Å². The van der Waals surface area contributed by atoms with E-state index in [9.17, 15) is 18.0 Å². The molecule has 0 saturated carbocycles. The third-order valence-corrected chi connectivity index (χ3v) is 4.06. The van der Waals surface area contributed by atoms with Gasteiger partial charge in [0.1, 0.15) is 0 Å². The van der Waals surface area contributed by atoms with Crippen molar-refractivity contribution < 1.29 is 23.1 Å². The summed E-state index contributed by atoms with van der Waals surface area (Å²) < 4.78 is 38.0. The smallest absolute Gasteiger partial charge is 0.416 e. The van der Waals surface area contributed by atoms with Gasteiger partial charge < -0.3 is 10.0 Å². The van der Waals surface area contributed by atoms with Gasteiger partial charge in [0.2, 0.25) is 0 Å². The van der Waals surface area contributed by atoms with Gasteiger partial charge in [0, 0.05) is 13.1 Å². The summed E-state index contributed by atoms with van der Waals surface area (Å²) in [5.41, 5.74) is 2.80. The van der Waals surface area contributed by atoms with Gasteiger partial charge in [-0.1, -0.05) is 30.3 Å². The summed E-state index contributed by atoms with van der Waals surface area (Å²) in [7, 11) is 0. The van der Waals surface area contributed by atoms with Crippen LogP contribution in [0.4, 0.5) is 18.0 Å². The van der Waals surface area contributed by atoms with Gasteiger partial charge in [0.15, 0.2) is 0 Å². The summed E-state index contributed by atoms with van der Waals surface area (Å²) in [5.74, 6) is 0. The van der Waals surface area contributed by atoms with Gasteiger partial charge in [-0.3, -0.25) is 0 Å². The number of amides is 1. The van der Waals surface area contributed by atoms with Gasteiger partial charge >= 0.3 is 12.3 Å². The molecule has 0 fully saturated rings. The fourth-order valence-corrected chi connectivity index (χ4v) is 2.88. The molecule has 1 aliphatic heterocycles. The molecule has 0 spiro atoms. The number of alkyl halides is 3. The lowest BCUT2D eigenvalue weighted by Crippen LogP contribution is -2.34. The van der Waals surface area contributed by atoms with E-state index >= 15 is 0 Å². The fraction of sp³-hybridized carbons (Fsp3) is 0.235. The minimum absolute atomic E-state index is 0.305. The van der Waals surface area contributed by atoms with Crippen molar-refractivity contribution in [1.82, 2.24) is 4.90 Å². The third-order valence-electron chi connectivity index (χ3n) is 4.06. The zero-order valence-electron chi connectivity index (χ0n) is 12.1. The average molecular weight is 321 g/mol. The Hall–Kier alpha value is -2.50. The molecule has 1 heterocycles. The highest BCUT2D eigenvalue weighted by molar-refractivity contribution is 5.71. The second-order valence-electron chi connectivity index (χ2n) is 5.47. The number of hydrogen-bond acceptors (Lipinski definition) is 1. The van der Waals surface area contributed by atoms with E-state index < -0.39 is 17.8 Å². The molecule has 3 rings (SSSR count). The Labute approximate surface area is 131 Å². The fourth-order valence-electron chi connectivity index (χ4n) is 2.88. The Kier molecular flexibility index (Phi) is 3.75. The molecule has 1 N–H and O–H groups in total. The summed E-state index contributed by atoms with van der Waals surface area (Å²) in [4.78, 5) is 12.4. The van der Waals surface area contributed by atoms with E-state index in [0.717, 1.165) is 28.8 Å². The van der Waals surface area contributed by atoms with Crippen LogP contribution in [-0.4, -0.2) is 22.6 Å². The molecule has 23 heavy (non-hydrogen) atoms. The van der Waals surface area contributed by atoms with Crippen LogP contribution in [0.25, 0.3) is 11.1 Å². The number of fused-ring (bicyclic) bond motifs is 1. The van der Waals surface area contributed by atoms with Gasteiger partial charge in [-0.05, 0) is 40.8 Å². The molecule has 2 aromatic carbocycles. The van der Waals surface area contributed by atoms with E-state index in [-0.39, 0.29) is 0 Å². The Balaban J connectivity index is 1.96. The minimum atomic E-state index is -4.35. The number of benzene rings is 2. The number of carboxylic acid groups (broad SMARTS) is 1. The molecule has 1 aliphatic rings. The summed E-state index contributed by atoms with van der Waals surface area (Å²) in [6.07, 6.45) is -4.76. The van der Waals surface area contributed by atoms with E-state index in [1.54, 1.807) is 6.07 Å². The highest BCUT2D eigenvalue weighted by Crippen LogP contribution is 2.34. The van der Waals surface area contributed by atoms with Gasteiger partial charge in [0.25, 0.3) is 0 Å². The highest BCUT2D eigenvalue weighted by atomic mass is 19.4. The second kappa shape index (κ2) is 5.61. The molecule has 0 saturated heterocycles. The molecule has 0 aromatic heterocycles. The first-order valence-electron chi connectivity index (χ1n) is 7.12. The molecule has 3 nitrogen and oxygen atoms in total. The van der Waals surface area contributed by atoms with Crippen LogP contribution < -0.4 is 0 Å². The normalized spacial score (nSPS) is 14.5.